The van der Waals surface area contributed by atoms with Crippen LogP contribution in [0.25, 0.3) is 0 Å². The average Bonchev–Trinajstić information content (AvgIpc) is 2.66. The molecule has 1 aliphatic rings. The zero-order valence-corrected chi connectivity index (χ0v) is 19.1. The number of phenols is 1. The average molecular weight is 406 g/mol. The Morgan fingerprint density at radius 3 is 2.57 bits per heavy atom. The van der Waals surface area contributed by atoms with Crippen molar-refractivity contribution in [2.75, 3.05) is 5.32 Å². The molecule has 0 bridgehead atoms. The van der Waals surface area contributed by atoms with E-state index in [1.54, 1.807) is 24.3 Å². The number of anilines is 1. The van der Waals surface area contributed by atoms with Crippen molar-refractivity contribution in [1.82, 2.24) is 0 Å². The number of aromatic hydroxyl groups is 1. The normalized spacial score (nSPS) is 20.3. The van der Waals surface area contributed by atoms with E-state index in [1.807, 2.05) is 25.2 Å². The van der Waals surface area contributed by atoms with Crippen molar-refractivity contribution in [3.05, 3.63) is 83.0 Å². The number of nitrogens with one attached hydrogen (secondary N) is 1. The van der Waals surface area contributed by atoms with Gasteiger partial charge >= 0.3 is 0 Å². The molecule has 160 valence electrons. The summed E-state index contributed by atoms with van der Waals surface area (Å²) in [6, 6.07) is 6.68. The third-order valence-corrected chi connectivity index (χ3v) is 5.85. The van der Waals surface area contributed by atoms with Gasteiger partial charge in [-0.1, -0.05) is 74.4 Å². The molecule has 1 aliphatic carbocycles. The fraction of sp³-hybridized carbons (Fsp3) is 0.370. The van der Waals surface area contributed by atoms with Gasteiger partial charge in [0.15, 0.2) is 0 Å². The van der Waals surface area contributed by atoms with Gasteiger partial charge in [-0.2, -0.15) is 0 Å². The van der Waals surface area contributed by atoms with Crippen molar-refractivity contribution in [3.8, 4) is 5.75 Å². The number of phenolic OH excluding ortho intramolecular Hbond substituents is 1. The van der Waals surface area contributed by atoms with Crippen LogP contribution in [0.1, 0.15) is 54.4 Å². The van der Waals surface area contributed by atoms with Gasteiger partial charge in [0, 0.05) is 6.08 Å². The maximum Gasteiger partial charge on any atom is 0.248 e. The molecular formula is C27H35NO2. The summed E-state index contributed by atoms with van der Waals surface area (Å²) in [4.78, 5) is 12.1. The van der Waals surface area contributed by atoms with E-state index in [4.69, 9.17) is 0 Å². The van der Waals surface area contributed by atoms with Crippen LogP contribution in [0.4, 0.5) is 5.69 Å². The second-order valence-electron chi connectivity index (χ2n) is 8.92. The van der Waals surface area contributed by atoms with Gasteiger partial charge in [0.25, 0.3) is 0 Å². The van der Waals surface area contributed by atoms with Crippen molar-refractivity contribution in [2.24, 2.45) is 11.3 Å². The second kappa shape index (κ2) is 10.3. The van der Waals surface area contributed by atoms with Crippen LogP contribution in [0.5, 0.6) is 5.75 Å². The third-order valence-electron chi connectivity index (χ3n) is 5.85. The lowest BCUT2D eigenvalue weighted by molar-refractivity contribution is -0.112. The summed E-state index contributed by atoms with van der Waals surface area (Å²) in [6.45, 7) is 13.2. The summed E-state index contributed by atoms with van der Waals surface area (Å²) in [7, 11) is 0. The zero-order valence-electron chi connectivity index (χ0n) is 19.1. The van der Waals surface area contributed by atoms with E-state index in [0.29, 0.717) is 11.6 Å². The van der Waals surface area contributed by atoms with Crippen LogP contribution in [0.15, 0.2) is 83.0 Å². The fourth-order valence-electron chi connectivity index (χ4n) is 3.71. The van der Waals surface area contributed by atoms with Crippen molar-refractivity contribution in [1.29, 1.82) is 0 Å². The molecule has 1 unspecified atom stereocenters. The van der Waals surface area contributed by atoms with Crippen LogP contribution in [-0.4, -0.2) is 11.0 Å². The van der Waals surface area contributed by atoms with E-state index in [2.05, 4.69) is 52.1 Å². The second-order valence-corrected chi connectivity index (χ2v) is 8.92. The Kier molecular flexibility index (Phi) is 8.05. The molecular weight excluding hydrogens is 370 g/mol. The molecule has 1 atom stereocenters. The van der Waals surface area contributed by atoms with Crippen LogP contribution in [0.2, 0.25) is 0 Å². The monoisotopic (exact) mass is 405 g/mol. The highest BCUT2D eigenvalue weighted by Crippen LogP contribution is 2.43. The topological polar surface area (TPSA) is 49.3 Å². The van der Waals surface area contributed by atoms with Crippen LogP contribution in [0, 0.1) is 11.3 Å². The Balaban J connectivity index is 2.01. The maximum atomic E-state index is 12.1. The Morgan fingerprint density at radius 2 is 1.87 bits per heavy atom. The summed E-state index contributed by atoms with van der Waals surface area (Å²) in [5, 5.41) is 12.4. The lowest BCUT2D eigenvalue weighted by atomic mass is 9.69. The first-order chi connectivity index (χ1) is 14.1. The first-order valence-corrected chi connectivity index (χ1v) is 10.6. The molecule has 0 radical (unpaired) electrons. The highest BCUT2D eigenvalue weighted by Gasteiger charge is 2.29. The molecule has 1 aromatic carbocycles. The summed E-state index contributed by atoms with van der Waals surface area (Å²) >= 11 is 0. The number of carbonyl (C=O) groups is 1. The number of amides is 1. The number of hydrogen-bond acceptors (Lipinski definition) is 2. The van der Waals surface area contributed by atoms with Crippen molar-refractivity contribution in [2.45, 2.75) is 54.4 Å². The number of hydrogen-bond donors (Lipinski definition) is 2. The smallest absolute Gasteiger partial charge is 0.248 e. The number of para-hydroxylation sites is 2. The molecule has 2 N–H and O–H groups in total. The molecule has 0 saturated carbocycles. The molecule has 30 heavy (non-hydrogen) atoms. The largest absolute Gasteiger partial charge is 0.506 e. The molecule has 0 heterocycles. The minimum absolute atomic E-state index is 0.0543. The van der Waals surface area contributed by atoms with Gasteiger partial charge in [-0.05, 0) is 68.2 Å². The Labute approximate surface area is 181 Å². The molecule has 0 saturated heterocycles. The van der Waals surface area contributed by atoms with E-state index in [0.717, 1.165) is 11.1 Å². The van der Waals surface area contributed by atoms with Crippen molar-refractivity contribution < 1.29 is 9.90 Å². The van der Waals surface area contributed by atoms with Gasteiger partial charge < -0.3 is 10.4 Å². The number of allylic oxidation sites excluding steroid dienone is 9. The van der Waals surface area contributed by atoms with Gasteiger partial charge in [-0.25, -0.2) is 0 Å². The molecule has 0 aromatic heterocycles. The number of benzene rings is 1. The Morgan fingerprint density at radius 1 is 1.17 bits per heavy atom. The van der Waals surface area contributed by atoms with Crippen LogP contribution >= 0.6 is 0 Å². The minimum Gasteiger partial charge on any atom is -0.506 e. The molecule has 0 fully saturated rings. The fourth-order valence-corrected chi connectivity index (χ4v) is 3.71. The molecule has 3 heteroatoms. The van der Waals surface area contributed by atoms with Crippen molar-refractivity contribution >= 4 is 11.6 Å². The maximum absolute atomic E-state index is 12.1. The molecule has 3 nitrogen and oxygen atoms in total. The van der Waals surface area contributed by atoms with Crippen molar-refractivity contribution in [3.63, 3.8) is 0 Å². The number of carbonyl (C=O) groups excluding carboxylic acids is 1. The zero-order chi connectivity index (χ0) is 22.3. The summed E-state index contributed by atoms with van der Waals surface area (Å²) in [5.41, 5.74) is 5.57. The lowest BCUT2D eigenvalue weighted by Gasteiger charge is -2.36. The van der Waals surface area contributed by atoms with Gasteiger partial charge in [0.2, 0.25) is 5.91 Å². The van der Waals surface area contributed by atoms with E-state index in [1.165, 1.54) is 30.1 Å². The Bertz CT molecular complexity index is 926. The minimum atomic E-state index is -0.268. The third kappa shape index (κ3) is 6.62. The van der Waals surface area contributed by atoms with E-state index < -0.39 is 0 Å². The molecule has 2 rings (SSSR count). The predicted molar refractivity (Wildman–Crippen MR) is 127 cm³/mol. The molecule has 0 aliphatic heterocycles. The molecule has 1 aromatic rings. The highest BCUT2D eigenvalue weighted by molar-refractivity contribution is 6.00. The van der Waals surface area contributed by atoms with Crippen LogP contribution in [-0.2, 0) is 4.79 Å². The molecule has 0 spiro atoms. The first kappa shape index (κ1) is 23.5. The first-order valence-electron chi connectivity index (χ1n) is 10.6. The summed E-state index contributed by atoms with van der Waals surface area (Å²) in [6.07, 6.45) is 14.3. The molecule has 1 amide bonds. The van der Waals surface area contributed by atoms with Gasteiger partial charge in [-0.3, -0.25) is 4.79 Å². The van der Waals surface area contributed by atoms with Gasteiger partial charge in [-0.15, -0.1) is 0 Å². The SMILES string of the molecule is CC1=C(/C=C/C(C)=C/C=C/C(C)=C\C(=O)Nc2ccccc2O)C(C)(C)CCC1C. The Hall–Kier alpha value is -2.81. The summed E-state index contributed by atoms with van der Waals surface area (Å²) < 4.78 is 0. The highest BCUT2D eigenvalue weighted by atomic mass is 16.3. The quantitative estimate of drug-likeness (QED) is 0.301. The van der Waals surface area contributed by atoms with Crippen LogP contribution in [0.3, 0.4) is 0 Å². The summed E-state index contributed by atoms with van der Waals surface area (Å²) in [5.74, 6) is 0.438. The lowest BCUT2D eigenvalue weighted by Crippen LogP contribution is -2.23. The van der Waals surface area contributed by atoms with E-state index in [-0.39, 0.29) is 17.1 Å². The van der Waals surface area contributed by atoms with E-state index >= 15 is 0 Å². The van der Waals surface area contributed by atoms with Gasteiger partial charge in [0.1, 0.15) is 5.75 Å². The van der Waals surface area contributed by atoms with E-state index in [9.17, 15) is 9.90 Å². The predicted octanol–water partition coefficient (Wildman–Crippen LogP) is 7.11. The van der Waals surface area contributed by atoms with Crippen LogP contribution < -0.4 is 5.32 Å². The van der Waals surface area contributed by atoms with Gasteiger partial charge in [0.05, 0.1) is 5.69 Å². The number of rotatable bonds is 6. The standard InChI is InChI=1S/C27H35NO2/c1-19(14-15-23-22(4)21(3)16-17-27(23,5)6)10-9-11-20(2)18-26(30)28-24-12-7-8-13-25(24)29/h7-15,18,21,29H,16-17H2,1-6H3,(H,28,30)/b11-9+,15-14+,19-10+,20-18-.